The summed E-state index contributed by atoms with van der Waals surface area (Å²) in [6.45, 7) is 2.03. The first-order valence-corrected chi connectivity index (χ1v) is 9.82. The molecule has 0 radical (unpaired) electrons. The van der Waals surface area contributed by atoms with E-state index in [1.54, 1.807) is 29.8 Å². The van der Waals surface area contributed by atoms with Crippen molar-refractivity contribution >= 4 is 17.2 Å². The first kappa shape index (κ1) is 17.6. The molecule has 27 heavy (non-hydrogen) atoms. The van der Waals surface area contributed by atoms with Crippen LogP contribution in [0, 0.1) is 0 Å². The number of carbonyl (C=O) groups excluding carboxylic acids is 1. The second-order valence-electron chi connectivity index (χ2n) is 6.60. The molecule has 4 heterocycles. The Morgan fingerprint density at radius 2 is 2.11 bits per heavy atom. The smallest absolute Gasteiger partial charge is 0.340 e. The van der Waals surface area contributed by atoms with Crippen LogP contribution >= 0.6 is 11.3 Å². The average Bonchev–Trinajstić information content (AvgIpc) is 3.36. The predicted octanol–water partition coefficient (Wildman–Crippen LogP) is 1.35. The van der Waals surface area contributed by atoms with E-state index < -0.39 is 5.69 Å². The third-order valence-electron chi connectivity index (χ3n) is 4.79. The lowest BCUT2D eigenvalue weighted by atomic mass is 9.97. The lowest BCUT2D eigenvalue weighted by Gasteiger charge is -2.32. The molecule has 8 nitrogen and oxygen atoms in total. The molecule has 1 aliphatic rings. The second-order valence-corrected chi connectivity index (χ2v) is 7.32. The Morgan fingerprint density at radius 1 is 1.19 bits per heavy atom. The van der Waals surface area contributed by atoms with Crippen molar-refractivity contribution in [3.8, 4) is 0 Å². The van der Waals surface area contributed by atoms with Crippen molar-refractivity contribution in [2.75, 3.05) is 13.1 Å². The maximum Gasteiger partial charge on any atom is 0.347 e. The highest BCUT2D eigenvalue weighted by Crippen LogP contribution is 2.26. The van der Waals surface area contributed by atoms with Gasteiger partial charge in [-0.25, -0.2) is 19.7 Å². The molecule has 3 aromatic rings. The van der Waals surface area contributed by atoms with Gasteiger partial charge in [0, 0.05) is 49.2 Å². The molecule has 4 rings (SSSR count). The van der Waals surface area contributed by atoms with Crippen LogP contribution in [0.4, 0.5) is 0 Å². The Hall–Kier alpha value is -2.81. The van der Waals surface area contributed by atoms with E-state index in [0.717, 1.165) is 24.4 Å². The van der Waals surface area contributed by atoms with E-state index in [2.05, 4.69) is 19.5 Å². The van der Waals surface area contributed by atoms with Crippen LogP contribution in [0.2, 0.25) is 0 Å². The van der Waals surface area contributed by atoms with Gasteiger partial charge in [-0.1, -0.05) is 0 Å². The number of thiazole rings is 1. The molecule has 9 heteroatoms. The summed E-state index contributed by atoms with van der Waals surface area (Å²) >= 11 is 1.58. The summed E-state index contributed by atoms with van der Waals surface area (Å²) in [6.07, 6.45) is 8.70. The zero-order valence-corrected chi connectivity index (χ0v) is 15.6. The number of nitrogens with zero attached hydrogens (tertiary/aromatic N) is 6. The van der Waals surface area contributed by atoms with Gasteiger partial charge >= 0.3 is 5.69 Å². The Morgan fingerprint density at radius 3 is 2.93 bits per heavy atom. The third kappa shape index (κ3) is 3.97. The summed E-state index contributed by atoms with van der Waals surface area (Å²) in [6, 6.07) is 1.66. The van der Waals surface area contributed by atoms with Gasteiger partial charge in [0.1, 0.15) is 12.4 Å². The van der Waals surface area contributed by atoms with E-state index >= 15 is 0 Å². The second kappa shape index (κ2) is 7.83. The van der Waals surface area contributed by atoms with Crippen LogP contribution < -0.4 is 5.69 Å². The molecule has 1 aliphatic heterocycles. The molecule has 0 saturated carbocycles. The van der Waals surface area contributed by atoms with Gasteiger partial charge < -0.3 is 9.47 Å². The van der Waals surface area contributed by atoms with Crippen LogP contribution in [0.25, 0.3) is 0 Å². The normalized spacial score (nSPS) is 17.2. The van der Waals surface area contributed by atoms with E-state index in [0.29, 0.717) is 19.6 Å². The van der Waals surface area contributed by atoms with Gasteiger partial charge in [-0.05, 0) is 18.9 Å². The fourth-order valence-corrected chi connectivity index (χ4v) is 4.02. The molecule has 140 valence electrons. The molecule has 0 aromatic carbocycles. The van der Waals surface area contributed by atoms with Crippen LogP contribution in [-0.4, -0.2) is 48.0 Å². The molecule has 0 bridgehead atoms. The fraction of sp³-hybridized carbons (Fsp3) is 0.389. The Balaban J connectivity index is 1.46. The van der Waals surface area contributed by atoms with Crippen LogP contribution in [0.3, 0.4) is 0 Å². The highest BCUT2D eigenvalue weighted by atomic mass is 32.1. The first-order chi connectivity index (χ1) is 13.2. The van der Waals surface area contributed by atoms with E-state index in [-0.39, 0.29) is 18.4 Å². The van der Waals surface area contributed by atoms with Crippen LogP contribution in [-0.2, 0) is 17.9 Å². The summed E-state index contributed by atoms with van der Waals surface area (Å²) in [4.78, 5) is 38.8. The van der Waals surface area contributed by atoms with Gasteiger partial charge in [-0.2, -0.15) is 0 Å². The zero-order valence-electron chi connectivity index (χ0n) is 14.8. The predicted molar refractivity (Wildman–Crippen MR) is 100 cm³/mol. The molecular weight excluding hydrogens is 364 g/mol. The molecule has 0 aliphatic carbocycles. The van der Waals surface area contributed by atoms with Gasteiger partial charge in [0.05, 0.1) is 17.7 Å². The maximum atomic E-state index is 12.7. The van der Waals surface area contributed by atoms with Crippen LogP contribution in [0.5, 0.6) is 0 Å². The minimum absolute atomic E-state index is 0.0205. The molecule has 1 amide bonds. The molecule has 0 unspecified atom stereocenters. The van der Waals surface area contributed by atoms with E-state index in [9.17, 15) is 9.59 Å². The maximum absolute atomic E-state index is 12.7. The van der Waals surface area contributed by atoms with E-state index in [1.807, 2.05) is 22.0 Å². The minimum Gasteiger partial charge on any atom is -0.340 e. The molecule has 0 N–H and O–H groups in total. The number of hydrogen-bond acceptors (Lipinski definition) is 6. The van der Waals surface area contributed by atoms with Crippen LogP contribution in [0.1, 0.15) is 30.3 Å². The number of imidazole rings is 1. The largest absolute Gasteiger partial charge is 0.347 e. The Bertz CT molecular complexity index is 964. The van der Waals surface area contributed by atoms with Crippen molar-refractivity contribution in [3.05, 3.63) is 63.7 Å². The summed E-state index contributed by atoms with van der Waals surface area (Å²) in [7, 11) is 0. The van der Waals surface area contributed by atoms with Gasteiger partial charge in [-0.3, -0.25) is 9.36 Å². The van der Waals surface area contributed by atoms with E-state index in [1.165, 1.54) is 10.8 Å². The summed E-state index contributed by atoms with van der Waals surface area (Å²) in [5.74, 6) is 1.11. The van der Waals surface area contributed by atoms with Gasteiger partial charge in [-0.15, -0.1) is 11.3 Å². The number of piperidine rings is 1. The standard InChI is InChI=1S/C18H20N6O2S/c25-16(11-24-7-2-4-20-18(24)26)22-6-1-3-14(9-22)17-19-5-8-23(17)10-15-12-27-13-21-15/h2,4-5,7-8,12-14H,1,3,6,9-11H2/t14-/m1/s1. The SMILES string of the molecule is O=C(Cn1cccnc1=O)N1CCC[C@@H](c2nccn2Cc2cscn2)C1. The number of amides is 1. The highest BCUT2D eigenvalue weighted by Gasteiger charge is 2.27. The molecular formula is C18H20N6O2S. The van der Waals surface area contributed by atoms with Gasteiger partial charge in [0.15, 0.2) is 0 Å². The van der Waals surface area contributed by atoms with Crippen molar-refractivity contribution in [1.82, 2.24) is 29.0 Å². The lowest BCUT2D eigenvalue weighted by Crippen LogP contribution is -2.42. The molecule has 1 fully saturated rings. The third-order valence-corrected chi connectivity index (χ3v) is 5.43. The minimum atomic E-state index is -0.404. The summed E-state index contributed by atoms with van der Waals surface area (Å²) in [5, 5.41) is 2.03. The Kier molecular flexibility index (Phi) is 5.10. The van der Waals surface area contributed by atoms with Crippen LogP contribution in [0.15, 0.2) is 46.5 Å². The van der Waals surface area contributed by atoms with Crippen molar-refractivity contribution in [1.29, 1.82) is 0 Å². The molecule has 3 aromatic heterocycles. The fourth-order valence-electron chi connectivity index (χ4n) is 3.47. The van der Waals surface area contributed by atoms with Crippen molar-refractivity contribution in [3.63, 3.8) is 0 Å². The van der Waals surface area contributed by atoms with Crippen molar-refractivity contribution in [2.45, 2.75) is 31.8 Å². The first-order valence-electron chi connectivity index (χ1n) is 8.88. The monoisotopic (exact) mass is 384 g/mol. The highest BCUT2D eigenvalue weighted by molar-refractivity contribution is 7.07. The van der Waals surface area contributed by atoms with Gasteiger partial charge in [0.2, 0.25) is 5.91 Å². The van der Waals surface area contributed by atoms with Crippen molar-refractivity contribution < 1.29 is 4.79 Å². The van der Waals surface area contributed by atoms with E-state index in [4.69, 9.17) is 0 Å². The lowest BCUT2D eigenvalue weighted by molar-refractivity contribution is -0.133. The summed E-state index contributed by atoms with van der Waals surface area (Å²) in [5.41, 5.74) is 2.44. The number of carbonyl (C=O) groups is 1. The van der Waals surface area contributed by atoms with Crippen molar-refractivity contribution in [2.24, 2.45) is 0 Å². The molecule has 1 saturated heterocycles. The molecule has 0 spiro atoms. The number of rotatable bonds is 5. The number of hydrogen-bond donors (Lipinski definition) is 0. The quantitative estimate of drug-likeness (QED) is 0.663. The summed E-state index contributed by atoms with van der Waals surface area (Å²) < 4.78 is 3.45. The average molecular weight is 384 g/mol. The number of likely N-dealkylation sites (tertiary alicyclic amines) is 1. The van der Waals surface area contributed by atoms with Gasteiger partial charge in [0.25, 0.3) is 0 Å². The molecule has 1 atom stereocenters. The number of aromatic nitrogens is 5. The Labute approximate surface area is 160 Å². The topological polar surface area (TPSA) is 85.9 Å². The zero-order chi connectivity index (χ0) is 18.6.